The topological polar surface area (TPSA) is 54.3 Å². The molecule has 1 aromatic heterocycles. The normalized spacial score (nSPS) is 15.9. The first-order chi connectivity index (χ1) is 12.3. The van der Waals surface area contributed by atoms with Crippen molar-refractivity contribution in [2.24, 2.45) is 0 Å². The maximum atomic E-state index is 13.1. The Morgan fingerprint density at radius 3 is 2.31 bits per heavy atom. The minimum Gasteiger partial charge on any atom is -0.376 e. The lowest BCUT2D eigenvalue weighted by molar-refractivity contribution is -0.129. The molecule has 1 amide bonds. The van der Waals surface area contributed by atoms with E-state index in [-0.39, 0.29) is 23.0 Å². The second-order valence-electron chi connectivity index (χ2n) is 7.86. The highest BCUT2D eigenvalue weighted by molar-refractivity contribution is 7.11. The number of carbonyl (C=O) groups excluding carboxylic acids is 1. The summed E-state index contributed by atoms with van der Waals surface area (Å²) in [5.41, 5.74) is 1.53. The van der Waals surface area contributed by atoms with E-state index in [1.165, 1.54) is 11.5 Å². The predicted octanol–water partition coefficient (Wildman–Crippen LogP) is 3.75. The van der Waals surface area contributed by atoms with Crippen LogP contribution in [0.5, 0.6) is 0 Å². The fourth-order valence-corrected chi connectivity index (χ4v) is 4.38. The van der Waals surface area contributed by atoms with E-state index >= 15 is 0 Å². The van der Waals surface area contributed by atoms with Gasteiger partial charge in [-0.2, -0.15) is 0 Å². The summed E-state index contributed by atoms with van der Waals surface area (Å²) in [6.45, 7) is 9.25. The van der Waals surface area contributed by atoms with Crippen LogP contribution in [0.2, 0.25) is 0 Å². The number of hydrogen-bond acceptors (Lipinski definition) is 4. The van der Waals surface area contributed by atoms with Crippen LogP contribution >= 0.6 is 11.5 Å². The molecule has 6 heteroatoms. The van der Waals surface area contributed by atoms with Gasteiger partial charge in [-0.15, -0.1) is 0 Å². The van der Waals surface area contributed by atoms with E-state index in [1.807, 2.05) is 39.2 Å². The molecule has 0 unspecified atom stereocenters. The van der Waals surface area contributed by atoms with Crippen LogP contribution in [0.15, 0.2) is 35.1 Å². The molecule has 2 aromatic rings. The number of benzene rings is 1. The number of hydrogen-bond donors (Lipinski definition) is 1. The zero-order valence-corrected chi connectivity index (χ0v) is 16.7. The van der Waals surface area contributed by atoms with Gasteiger partial charge in [0.25, 0.3) is 5.56 Å². The summed E-state index contributed by atoms with van der Waals surface area (Å²) in [5, 5.41) is 3.51. The number of carbonyl (C=O) groups is 1. The maximum Gasteiger partial charge on any atom is 0.285 e. The molecule has 26 heavy (non-hydrogen) atoms. The van der Waals surface area contributed by atoms with Gasteiger partial charge in [0.1, 0.15) is 5.69 Å². The molecule has 1 aliphatic rings. The molecule has 2 heterocycles. The third-order valence-electron chi connectivity index (χ3n) is 4.74. The van der Waals surface area contributed by atoms with Gasteiger partial charge >= 0.3 is 0 Å². The average Bonchev–Trinajstić information content (AvgIpc) is 2.93. The van der Waals surface area contributed by atoms with Gasteiger partial charge in [0.05, 0.1) is 10.4 Å². The Balaban J connectivity index is 1.92. The molecule has 0 saturated carbocycles. The van der Waals surface area contributed by atoms with Gasteiger partial charge in [-0.3, -0.25) is 13.5 Å². The first kappa shape index (κ1) is 18.7. The Hall–Kier alpha value is -2.08. The SMILES string of the molecule is CC(=O)N1CCC(Nc2c(-c3ccccc3)sn(C(C)(C)C)c2=O)CC1. The highest BCUT2D eigenvalue weighted by Crippen LogP contribution is 2.34. The largest absolute Gasteiger partial charge is 0.376 e. The van der Waals surface area contributed by atoms with Crippen molar-refractivity contribution in [1.29, 1.82) is 0 Å². The smallest absolute Gasteiger partial charge is 0.285 e. The lowest BCUT2D eigenvalue weighted by atomic mass is 10.0. The highest BCUT2D eigenvalue weighted by Gasteiger charge is 2.27. The van der Waals surface area contributed by atoms with Crippen molar-refractivity contribution in [3.8, 4) is 10.4 Å². The molecule has 1 N–H and O–H groups in total. The molecule has 140 valence electrons. The molecule has 0 atom stereocenters. The molecule has 5 nitrogen and oxygen atoms in total. The minimum absolute atomic E-state index is 0.0374. The fraction of sp³-hybridized carbons (Fsp3) is 0.500. The number of piperidine rings is 1. The second-order valence-corrected chi connectivity index (χ2v) is 8.81. The Kier molecular flexibility index (Phi) is 5.23. The number of nitrogens with zero attached hydrogens (tertiary/aromatic N) is 2. The Bertz CT molecular complexity index is 825. The van der Waals surface area contributed by atoms with Crippen LogP contribution in [-0.2, 0) is 10.3 Å². The van der Waals surface area contributed by atoms with E-state index in [2.05, 4.69) is 26.1 Å². The summed E-state index contributed by atoms with van der Waals surface area (Å²) in [6.07, 6.45) is 1.72. The van der Waals surface area contributed by atoms with Crippen LogP contribution in [0.1, 0.15) is 40.5 Å². The molecule has 0 spiro atoms. The first-order valence-electron chi connectivity index (χ1n) is 9.11. The number of anilines is 1. The van der Waals surface area contributed by atoms with Gasteiger partial charge in [-0.25, -0.2) is 0 Å². The number of nitrogens with one attached hydrogen (secondary N) is 1. The van der Waals surface area contributed by atoms with Gasteiger partial charge in [0, 0.05) is 26.1 Å². The molecule has 0 bridgehead atoms. The molecule has 1 aliphatic heterocycles. The Labute approximate surface area is 158 Å². The second kappa shape index (κ2) is 7.27. The summed E-state index contributed by atoms with van der Waals surface area (Å²) in [4.78, 5) is 27.5. The van der Waals surface area contributed by atoms with E-state index in [1.54, 1.807) is 6.92 Å². The molecular formula is C20H27N3O2S. The maximum absolute atomic E-state index is 13.1. The number of likely N-dealkylation sites (tertiary alicyclic amines) is 1. The van der Waals surface area contributed by atoms with Crippen LogP contribution in [-0.4, -0.2) is 33.9 Å². The van der Waals surface area contributed by atoms with E-state index in [9.17, 15) is 9.59 Å². The molecule has 0 aliphatic carbocycles. The number of amides is 1. The van der Waals surface area contributed by atoms with E-state index < -0.39 is 0 Å². The van der Waals surface area contributed by atoms with Crippen molar-refractivity contribution in [3.05, 3.63) is 40.7 Å². The van der Waals surface area contributed by atoms with Crippen LogP contribution < -0.4 is 10.9 Å². The Morgan fingerprint density at radius 2 is 1.77 bits per heavy atom. The van der Waals surface area contributed by atoms with Crippen molar-refractivity contribution in [2.45, 2.75) is 52.1 Å². The average molecular weight is 374 g/mol. The van der Waals surface area contributed by atoms with Crippen LogP contribution in [0.25, 0.3) is 10.4 Å². The molecular weight excluding hydrogens is 346 g/mol. The Morgan fingerprint density at radius 1 is 1.15 bits per heavy atom. The first-order valence-corrected chi connectivity index (χ1v) is 9.89. The zero-order valence-electron chi connectivity index (χ0n) is 15.9. The summed E-state index contributed by atoms with van der Waals surface area (Å²) in [5.74, 6) is 0.124. The fourth-order valence-electron chi connectivity index (χ4n) is 3.28. The van der Waals surface area contributed by atoms with Gasteiger partial charge in [-0.05, 0) is 39.2 Å². The summed E-state index contributed by atoms with van der Waals surface area (Å²) in [6, 6.07) is 10.3. The van der Waals surface area contributed by atoms with E-state index in [0.717, 1.165) is 36.4 Å². The van der Waals surface area contributed by atoms with Gasteiger partial charge < -0.3 is 10.2 Å². The summed E-state index contributed by atoms with van der Waals surface area (Å²) in [7, 11) is 0. The number of rotatable bonds is 3. The lowest BCUT2D eigenvalue weighted by Crippen LogP contribution is -2.42. The van der Waals surface area contributed by atoms with Crippen LogP contribution in [0.4, 0.5) is 5.69 Å². The van der Waals surface area contributed by atoms with Crippen molar-refractivity contribution >= 4 is 23.1 Å². The predicted molar refractivity (Wildman–Crippen MR) is 108 cm³/mol. The minimum atomic E-state index is -0.261. The third kappa shape index (κ3) is 3.85. The molecule has 1 fully saturated rings. The van der Waals surface area contributed by atoms with Crippen molar-refractivity contribution in [2.75, 3.05) is 18.4 Å². The van der Waals surface area contributed by atoms with Gasteiger partial charge in [0.2, 0.25) is 5.91 Å². The van der Waals surface area contributed by atoms with Crippen molar-refractivity contribution < 1.29 is 4.79 Å². The van der Waals surface area contributed by atoms with E-state index in [0.29, 0.717) is 5.69 Å². The van der Waals surface area contributed by atoms with Crippen molar-refractivity contribution in [1.82, 2.24) is 8.86 Å². The zero-order chi connectivity index (χ0) is 18.9. The summed E-state index contributed by atoms with van der Waals surface area (Å²) < 4.78 is 1.85. The third-order valence-corrected chi connectivity index (χ3v) is 6.26. The monoisotopic (exact) mass is 373 g/mol. The van der Waals surface area contributed by atoms with E-state index in [4.69, 9.17) is 0 Å². The highest BCUT2D eigenvalue weighted by atomic mass is 32.1. The van der Waals surface area contributed by atoms with Gasteiger partial charge in [0.15, 0.2) is 0 Å². The van der Waals surface area contributed by atoms with Gasteiger partial charge in [-0.1, -0.05) is 41.9 Å². The van der Waals surface area contributed by atoms with Crippen LogP contribution in [0.3, 0.4) is 0 Å². The lowest BCUT2D eigenvalue weighted by Gasteiger charge is -2.32. The number of aromatic nitrogens is 1. The van der Waals surface area contributed by atoms with Crippen LogP contribution in [0, 0.1) is 0 Å². The molecule has 3 rings (SSSR count). The summed E-state index contributed by atoms with van der Waals surface area (Å²) >= 11 is 1.52. The van der Waals surface area contributed by atoms with Crippen molar-refractivity contribution in [3.63, 3.8) is 0 Å². The molecule has 0 radical (unpaired) electrons. The molecule has 1 saturated heterocycles. The quantitative estimate of drug-likeness (QED) is 0.891. The standard InChI is InChI=1S/C20H27N3O2S/c1-14(24)22-12-10-16(11-13-22)21-17-18(15-8-6-5-7-9-15)26-23(19(17)25)20(2,3)4/h5-9,16,21H,10-13H2,1-4H3. The molecule has 1 aromatic carbocycles.